The standard InChI is InChI=1S/C26H29N3O4/c1-33-18-10-12-20-23(14-18)29-22(3-2-4-24(29)31)25(20)15-5-11-19(26(27)32)21(13-15)28-16-6-8-17(30)9-7-16/h5,10-14,16-17,28,30H,2-4,6-9H2,1H3,(H2,27,32). The Hall–Kier alpha value is -3.32. The molecule has 0 bridgehead atoms. The lowest BCUT2D eigenvalue weighted by Crippen LogP contribution is -2.29. The number of nitrogens with two attached hydrogens (primary N) is 1. The molecule has 7 nitrogen and oxygen atoms in total. The van der Waals surface area contributed by atoms with Gasteiger partial charge in [0.1, 0.15) is 5.75 Å². The molecule has 1 aliphatic heterocycles. The van der Waals surface area contributed by atoms with Crippen LogP contribution in [0.4, 0.5) is 5.69 Å². The quantitative estimate of drug-likeness (QED) is 0.546. The van der Waals surface area contributed by atoms with Crippen molar-refractivity contribution in [1.82, 2.24) is 4.57 Å². The van der Waals surface area contributed by atoms with Gasteiger partial charge in [-0.2, -0.15) is 0 Å². The number of benzene rings is 2. The average Bonchev–Trinajstić information content (AvgIpc) is 3.15. The summed E-state index contributed by atoms with van der Waals surface area (Å²) in [7, 11) is 1.62. The van der Waals surface area contributed by atoms with Gasteiger partial charge >= 0.3 is 0 Å². The summed E-state index contributed by atoms with van der Waals surface area (Å²) >= 11 is 0. The van der Waals surface area contributed by atoms with E-state index in [4.69, 9.17) is 10.5 Å². The zero-order valence-corrected chi connectivity index (χ0v) is 18.8. The maximum Gasteiger partial charge on any atom is 0.250 e. The number of hydrogen-bond donors (Lipinski definition) is 3. The fourth-order valence-electron chi connectivity index (χ4n) is 5.28. The summed E-state index contributed by atoms with van der Waals surface area (Å²) in [6.07, 6.45) is 5.04. The van der Waals surface area contributed by atoms with E-state index in [0.29, 0.717) is 23.4 Å². The van der Waals surface area contributed by atoms with Crippen LogP contribution in [0.2, 0.25) is 0 Å². The fourth-order valence-corrected chi connectivity index (χ4v) is 5.28. The van der Waals surface area contributed by atoms with Crippen LogP contribution in [0, 0.1) is 0 Å². The number of aliphatic hydroxyl groups is 1. The van der Waals surface area contributed by atoms with Gasteiger partial charge in [0.15, 0.2) is 0 Å². The van der Waals surface area contributed by atoms with Crippen molar-refractivity contribution in [2.24, 2.45) is 5.73 Å². The van der Waals surface area contributed by atoms with E-state index in [1.54, 1.807) is 13.2 Å². The van der Waals surface area contributed by atoms with Gasteiger partial charge in [-0.05, 0) is 68.4 Å². The van der Waals surface area contributed by atoms with Crippen LogP contribution in [-0.4, -0.2) is 40.7 Å². The molecule has 1 fully saturated rings. The van der Waals surface area contributed by atoms with Crippen LogP contribution in [0.5, 0.6) is 5.75 Å². The summed E-state index contributed by atoms with van der Waals surface area (Å²) in [6, 6.07) is 11.6. The number of rotatable bonds is 5. The van der Waals surface area contributed by atoms with Gasteiger partial charge in [-0.15, -0.1) is 0 Å². The molecule has 0 unspecified atom stereocenters. The van der Waals surface area contributed by atoms with Crippen LogP contribution in [-0.2, 0) is 6.42 Å². The van der Waals surface area contributed by atoms with E-state index in [9.17, 15) is 14.7 Å². The van der Waals surface area contributed by atoms with Gasteiger partial charge in [-0.25, -0.2) is 0 Å². The van der Waals surface area contributed by atoms with Gasteiger partial charge in [0.05, 0.1) is 24.3 Å². The summed E-state index contributed by atoms with van der Waals surface area (Å²) in [5.41, 5.74) is 10.6. The minimum absolute atomic E-state index is 0.0913. The minimum Gasteiger partial charge on any atom is -0.497 e. The first-order valence-electron chi connectivity index (χ1n) is 11.6. The van der Waals surface area contributed by atoms with Crippen LogP contribution in [0.3, 0.4) is 0 Å². The molecule has 0 atom stereocenters. The number of ether oxygens (including phenoxy) is 1. The van der Waals surface area contributed by atoms with Crippen molar-refractivity contribution in [3.63, 3.8) is 0 Å². The Balaban J connectivity index is 1.64. The summed E-state index contributed by atoms with van der Waals surface area (Å²) in [5.74, 6) is 0.316. The molecule has 1 aliphatic carbocycles. The Morgan fingerprint density at radius 3 is 2.64 bits per heavy atom. The number of carbonyl (C=O) groups is 2. The fraction of sp³-hybridized carbons (Fsp3) is 0.385. The normalized spacial score (nSPS) is 20.5. The Kier molecular flexibility index (Phi) is 5.58. The lowest BCUT2D eigenvalue weighted by Gasteiger charge is -2.28. The molecule has 2 aliphatic rings. The number of primary amides is 1. The number of methoxy groups -OCH3 is 1. The molecule has 33 heavy (non-hydrogen) atoms. The molecule has 1 amide bonds. The summed E-state index contributed by atoms with van der Waals surface area (Å²) in [6.45, 7) is 0. The second-order valence-corrected chi connectivity index (χ2v) is 9.06. The molecule has 7 heteroatoms. The number of hydrogen-bond acceptors (Lipinski definition) is 5. The first kappa shape index (κ1) is 21.5. The van der Waals surface area contributed by atoms with E-state index in [2.05, 4.69) is 5.32 Å². The van der Waals surface area contributed by atoms with Crippen molar-refractivity contribution < 1.29 is 19.4 Å². The van der Waals surface area contributed by atoms with Crippen molar-refractivity contribution in [1.29, 1.82) is 0 Å². The molecule has 2 heterocycles. The Labute approximate surface area is 192 Å². The van der Waals surface area contributed by atoms with Crippen LogP contribution < -0.4 is 15.8 Å². The Bertz CT molecular complexity index is 1240. The van der Waals surface area contributed by atoms with Crippen molar-refractivity contribution in [2.75, 3.05) is 12.4 Å². The number of aliphatic hydroxyl groups excluding tert-OH is 1. The molecule has 1 aromatic heterocycles. The Morgan fingerprint density at radius 2 is 1.91 bits per heavy atom. The van der Waals surface area contributed by atoms with Gasteiger partial charge in [-0.3, -0.25) is 14.2 Å². The molecule has 4 N–H and O–H groups in total. The largest absolute Gasteiger partial charge is 0.497 e. The second kappa shape index (κ2) is 8.56. The minimum atomic E-state index is -0.483. The Morgan fingerprint density at radius 1 is 1.12 bits per heavy atom. The average molecular weight is 448 g/mol. The summed E-state index contributed by atoms with van der Waals surface area (Å²) in [5, 5.41) is 14.3. The van der Waals surface area contributed by atoms with Crippen molar-refractivity contribution in [3.8, 4) is 16.9 Å². The molecule has 0 radical (unpaired) electrons. The molecule has 172 valence electrons. The third-order valence-corrected chi connectivity index (χ3v) is 6.96. The monoisotopic (exact) mass is 447 g/mol. The van der Waals surface area contributed by atoms with Crippen LogP contribution >= 0.6 is 0 Å². The first-order valence-corrected chi connectivity index (χ1v) is 11.6. The lowest BCUT2D eigenvalue weighted by atomic mass is 9.92. The highest BCUT2D eigenvalue weighted by molar-refractivity contribution is 6.06. The van der Waals surface area contributed by atoms with E-state index in [1.807, 2.05) is 34.9 Å². The highest BCUT2D eigenvalue weighted by Crippen LogP contribution is 2.40. The summed E-state index contributed by atoms with van der Waals surface area (Å²) in [4.78, 5) is 25.0. The van der Waals surface area contributed by atoms with Crippen molar-refractivity contribution in [3.05, 3.63) is 47.7 Å². The lowest BCUT2D eigenvalue weighted by molar-refractivity contribution is 0.0889. The SMILES string of the molecule is COc1ccc2c(-c3ccc(C(N)=O)c(NC4CCC(O)CC4)c3)c3n(c2c1)C(=O)CCC3. The van der Waals surface area contributed by atoms with Crippen molar-refractivity contribution in [2.45, 2.75) is 57.1 Å². The summed E-state index contributed by atoms with van der Waals surface area (Å²) < 4.78 is 7.24. The van der Waals surface area contributed by atoms with Gasteiger partial charge in [0.2, 0.25) is 5.91 Å². The predicted octanol–water partition coefficient (Wildman–Crippen LogP) is 4.11. The first-order chi connectivity index (χ1) is 16.0. The topological polar surface area (TPSA) is 107 Å². The molecular weight excluding hydrogens is 418 g/mol. The number of aromatic nitrogens is 1. The molecule has 0 spiro atoms. The molecule has 3 aromatic rings. The molecular formula is C26H29N3O4. The van der Waals surface area contributed by atoms with Gasteiger partial charge in [0, 0.05) is 40.9 Å². The molecule has 5 rings (SSSR count). The number of amides is 1. The number of fused-ring (bicyclic) bond motifs is 3. The third kappa shape index (κ3) is 3.86. The number of nitrogens with zero attached hydrogens (tertiary/aromatic N) is 1. The van der Waals surface area contributed by atoms with Crippen LogP contribution in [0.25, 0.3) is 22.0 Å². The van der Waals surface area contributed by atoms with E-state index in [-0.39, 0.29) is 18.1 Å². The van der Waals surface area contributed by atoms with Crippen LogP contribution in [0.15, 0.2) is 36.4 Å². The maximum absolute atomic E-state index is 12.9. The van der Waals surface area contributed by atoms with E-state index < -0.39 is 5.91 Å². The molecule has 2 aromatic carbocycles. The van der Waals surface area contributed by atoms with Crippen molar-refractivity contribution >= 4 is 28.4 Å². The van der Waals surface area contributed by atoms with Gasteiger partial charge < -0.3 is 20.9 Å². The zero-order valence-electron chi connectivity index (χ0n) is 18.8. The molecule has 0 saturated heterocycles. The van der Waals surface area contributed by atoms with Crippen LogP contribution in [0.1, 0.15) is 59.4 Å². The highest BCUT2D eigenvalue weighted by Gasteiger charge is 2.27. The second-order valence-electron chi connectivity index (χ2n) is 9.06. The zero-order chi connectivity index (χ0) is 23.1. The van der Waals surface area contributed by atoms with Gasteiger partial charge in [0.25, 0.3) is 5.91 Å². The number of anilines is 1. The van der Waals surface area contributed by atoms with Gasteiger partial charge in [-0.1, -0.05) is 6.07 Å². The third-order valence-electron chi connectivity index (χ3n) is 6.96. The molecule has 1 saturated carbocycles. The number of carbonyl (C=O) groups excluding carboxylic acids is 2. The number of nitrogens with one attached hydrogen (secondary N) is 1. The maximum atomic E-state index is 12.9. The van der Waals surface area contributed by atoms with E-state index in [1.165, 1.54) is 0 Å². The highest BCUT2D eigenvalue weighted by atomic mass is 16.5. The van der Waals surface area contributed by atoms with E-state index in [0.717, 1.165) is 66.2 Å². The predicted molar refractivity (Wildman–Crippen MR) is 128 cm³/mol. The van der Waals surface area contributed by atoms with E-state index >= 15 is 0 Å². The smallest absolute Gasteiger partial charge is 0.250 e.